The minimum atomic E-state index is 0.805. The van der Waals surface area contributed by atoms with Gasteiger partial charge in [-0.2, -0.15) is 0 Å². The molecule has 0 saturated carbocycles. The van der Waals surface area contributed by atoms with Gasteiger partial charge in [-0.25, -0.2) is 0 Å². The van der Waals surface area contributed by atoms with Crippen LogP contribution in [0.3, 0.4) is 0 Å². The van der Waals surface area contributed by atoms with Crippen LogP contribution in [0.1, 0.15) is 11.1 Å². The molecule has 0 atom stereocenters. The maximum absolute atomic E-state index is 5.65. The van der Waals surface area contributed by atoms with Crippen molar-refractivity contribution < 1.29 is 9.47 Å². The van der Waals surface area contributed by atoms with Crippen molar-refractivity contribution >= 4 is 0 Å². The van der Waals surface area contributed by atoms with Crippen molar-refractivity contribution in [3.8, 4) is 11.5 Å². The van der Waals surface area contributed by atoms with E-state index < -0.39 is 0 Å². The lowest BCUT2D eigenvalue weighted by Crippen LogP contribution is -2.44. The smallest absolute Gasteiger partial charge is 0.123 e. The van der Waals surface area contributed by atoms with Crippen LogP contribution < -0.4 is 14.8 Å². The number of methoxy groups -OCH3 is 1. The Morgan fingerprint density at radius 1 is 1.32 bits per heavy atom. The van der Waals surface area contributed by atoms with E-state index in [1.807, 2.05) is 0 Å². The fourth-order valence-corrected chi connectivity index (χ4v) is 2.84. The third kappa shape index (κ3) is 2.85. The van der Waals surface area contributed by atoms with Crippen molar-refractivity contribution in [3.63, 3.8) is 0 Å². The summed E-state index contributed by atoms with van der Waals surface area (Å²) in [5.74, 6) is 2.07. The number of piperazine rings is 1. The quantitative estimate of drug-likeness (QED) is 0.880. The lowest BCUT2D eigenvalue weighted by molar-refractivity contribution is 0.243. The summed E-state index contributed by atoms with van der Waals surface area (Å²) in [6.45, 7) is 6.39. The third-order valence-corrected chi connectivity index (χ3v) is 4.00. The number of fused-ring (bicyclic) bond motifs is 1. The van der Waals surface area contributed by atoms with E-state index in [-0.39, 0.29) is 0 Å². The molecule has 4 heteroatoms. The number of rotatable bonds is 4. The van der Waals surface area contributed by atoms with E-state index in [1.54, 1.807) is 7.11 Å². The van der Waals surface area contributed by atoms with Gasteiger partial charge in [0.2, 0.25) is 0 Å². The molecule has 0 amide bonds. The average molecular weight is 262 g/mol. The van der Waals surface area contributed by atoms with Crippen molar-refractivity contribution in [2.75, 3.05) is 46.4 Å². The van der Waals surface area contributed by atoms with Crippen LogP contribution in [0.4, 0.5) is 0 Å². The zero-order valence-electron chi connectivity index (χ0n) is 11.6. The predicted molar refractivity (Wildman–Crippen MR) is 75.2 cm³/mol. The maximum Gasteiger partial charge on any atom is 0.123 e. The summed E-state index contributed by atoms with van der Waals surface area (Å²) in [6, 6.07) is 4.32. The second kappa shape index (κ2) is 5.80. The van der Waals surface area contributed by atoms with Crippen molar-refractivity contribution in [2.45, 2.75) is 12.8 Å². The molecule has 1 aromatic carbocycles. The SMILES string of the molecule is COc1cc2c(cc1CCN1CCNCC1)OCC2. The van der Waals surface area contributed by atoms with Gasteiger partial charge in [0.1, 0.15) is 11.5 Å². The fraction of sp³-hybridized carbons (Fsp3) is 0.600. The Labute approximate surface area is 114 Å². The van der Waals surface area contributed by atoms with Gasteiger partial charge in [-0.3, -0.25) is 0 Å². The van der Waals surface area contributed by atoms with Crippen LogP contribution in [-0.4, -0.2) is 51.3 Å². The summed E-state index contributed by atoms with van der Waals surface area (Å²) in [5, 5.41) is 3.38. The van der Waals surface area contributed by atoms with Gasteiger partial charge in [0.25, 0.3) is 0 Å². The highest BCUT2D eigenvalue weighted by atomic mass is 16.5. The van der Waals surface area contributed by atoms with E-state index in [4.69, 9.17) is 9.47 Å². The molecule has 19 heavy (non-hydrogen) atoms. The van der Waals surface area contributed by atoms with Gasteiger partial charge >= 0.3 is 0 Å². The van der Waals surface area contributed by atoms with Gasteiger partial charge in [-0.05, 0) is 24.1 Å². The van der Waals surface area contributed by atoms with Gasteiger partial charge in [0.05, 0.1) is 13.7 Å². The molecular weight excluding hydrogens is 240 g/mol. The number of hydrogen-bond acceptors (Lipinski definition) is 4. The summed E-state index contributed by atoms with van der Waals surface area (Å²) in [7, 11) is 1.76. The largest absolute Gasteiger partial charge is 0.496 e. The standard InChI is InChI=1S/C15H22N2O2/c1-18-14-10-13-3-9-19-15(13)11-12(14)2-6-17-7-4-16-5-8-17/h10-11,16H,2-9H2,1H3. The summed E-state index contributed by atoms with van der Waals surface area (Å²) in [4.78, 5) is 2.50. The summed E-state index contributed by atoms with van der Waals surface area (Å²) in [5.41, 5.74) is 2.55. The summed E-state index contributed by atoms with van der Waals surface area (Å²) in [6.07, 6.45) is 2.03. The van der Waals surface area contributed by atoms with E-state index in [0.29, 0.717) is 0 Å². The Bertz CT molecular complexity index is 442. The van der Waals surface area contributed by atoms with Crippen molar-refractivity contribution in [1.29, 1.82) is 0 Å². The first-order valence-electron chi connectivity index (χ1n) is 7.12. The highest BCUT2D eigenvalue weighted by Crippen LogP contribution is 2.33. The highest BCUT2D eigenvalue weighted by Gasteiger charge is 2.17. The Kier molecular flexibility index (Phi) is 3.89. The van der Waals surface area contributed by atoms with Crippen LogP contribution >= 0.6 is 0 Å². The predicted octanol–water partition coefficient (Wildman–Crippen LogP) is 1.08. The Hall–Kier alpha value is -1.26. The van der Waals surface area contributed by atoms with E-state index >= 15 is 0 Å². The van der Waals surface area contributed by atoms with Crippen LogP contribution in [0.2, 0.25) is 0 Å². The molecule has 1 saturated heterocycles. The Morgan fingerprint density at radius 2 is 2.16 bits per heavy atom. The molecule has 2 heterocycles. The zero-order valence-corrected chi connectivity index (χ0v) is 11.6. The second-order valence-corrected chi connectivity index (χ2v) is 5.21. The van der Waals surface area contributed by atoms with Gasteiger partial charge in [-0.1, -0.05) is 0 Å². The summed E-state index contributed by atoms with van der Waals surface area (Å²) < 4.78 is 11.2. The maximum atomic E-state index is 5.65. The molecule has 2 aliphatic rings. The first-order valence-corrected chi connectivity index (χ1v) is 7.12. The van der Waals surface area contributed by atoms with Gasteiger partial charge in [0, 0.05) is 44.7 Å². The molecule has 1 N–H and O–H groups in total. The number of benzene rings is 1. The molecule has 0 aliphatic carbocycles. The van der Waals surface area contributed by atoms with Gasteiger partial charge in [-0.15, -0.1) is 0 Å². The minimum absolute atomic E-state index is 0.805. The van der Waals surface area contributed by atoms with Crippen LogP contribution in [0.15, 0.2) is 12.1 Å². The molecule has 0 spiro atoms. The Morgan fingerprint density at radius 3 is 2.95 bits per heavy atom. The van der Waals surface area contributed by atoms with Crippen LogP contribution in [0.5, 0.6) is 11.5 Å². The number of ether oxygens (including phenoxy) is 2. The van der Waals surface area contributed by atoms with E-state index in [2.05, 4.69) is 22.3 Å². The fourth-order valence-electron chi connectivity index (χ4n) is 2.84. The zero-order chi connectivity index (χ0) is 13.1. The second-order valence-electron chi connectivity index (χ2n) is 5.21. The topological polar surface area (TPSA) is 33.7 Å². The van der Waals surface area contributed by atoms with Crippen molar-refractivity contribution in [2.24, 2.45) is 0 Å². The molecule has 0 unspecified atom stereocenters. The van der Waals surface area contributed by atoms with Gasteiger partial charge < -0.3 is 19.7 Å². The molecule has 1 fully saturated rings. The molecule has 0 bridgehead atoms. The summed E-state index contributed by atoms with van der Waals surface area (Å²) >= 11 is 0. The highest BCUT2D eigenvalue weighted by molar-refractivity contribution is 5.48. The molecular formula is C15H22N2O2. The monoisotopic (exact) mass is 262 g/mol. The normalized spacial score (nSPS) is 19.0. The van der Waals surface area contributed by atoms with Crippen molar-refractivity contribution in [1.82, 2.24) is 10.2 Å². The third-order valence-electron chi connectivity index (χ3n) is 4.00. The average Bonchev–Trinajstić information content (AvgIpc) is 2.92. The molecule has 1 aromatic rings. The van der Waals surface area contributed by atoms with Crippen LogP contribution in [-0.2, 0) is 12.8 Å². The first-order chi connectivity index (χ1) is 9.36. The number of nitrogens with one attached hydrogen (secondary N) is 1. The van der Waals surface area contributed by atoms with Crippen molar-refractivity contribution in [3.05, 3.63) is 23.3 Å². The molecule has 104 valence electrons. The molecule has 2 aliphatic heterocycles. The number of nitrogens with zero attached hydrogens (tertiary/aromatic N) is 1. The van der Waals surface area contributed by atoms with Crippen LogP contribution in [0, 0.1) is 0 Å². The molecule has 0 aromatic heterocycles. The Balaban J connectivity index is 1.69. The van der Waals surface area contributed by atoms with E-state index in [9.17, 15) is 0 Å². The van der Waals surface area contributed by atoms with Gasteiger partial charge in [0.15, 0.2) is 0 Å². The lowest BCUT2D eigenvalue weighted by Gasteiger charge is -2.27. The minimum Gasteiger partial charge on any atom is -0.496 e. The number of hydrogen-bond donors (Lipinski definition) is 1. The molecule has 4 nitrogen and oxygen atoms in total. The van der Waals surface area contributed by atoms with Crippen LogP contribution in [0.25, 0.3) is 0 Å². The lowest BCUT2D eigenvalue weighted by atomic mass is 10.1. The molecule has 0 radical (unpaired) electrons. The van der Waals surface area contributed by atoms with E-state index in [0.717, 1.165) is 63.7 Å². The van der Waals surface area contributed by atoms with E-state index in [1.165, 1.54) is 11.1 Å². The molecule has 3 rings (SSSR count). The first kappa shape index (κ1) is 12.8.